The zero-order valence-electron chi connectivity index (χ0n) is 4.57. The standard InChI is InChI=1S/C4H6NO3P/c5-3(4(6)7)1-2-9-8/h3H,1,5H2,(H,6,7)/t3-/m1/s1. The van der Waals surface area contributed by atoms with Crippen molar-refractivity contribution >= 4 is 13.9 Å². The van der Waals surface area contributed by atoms with Crippen LogP contribution >= 0.6 is 7.92 Å². The first-order valence-electron chi connectivity index (χ1n) is 2.22. The zero-order chi connectivity index (χ0) is 7.28. The molecule has 1 atom stereocenters. The predicted molar refractivity (Wildman–Crippen MR) is 31.7 cm³/mol. The third-order valence-corrected chi connectivity index (χ3v) is 1.00. The molecule has 0 aliphatic carbocycles. The van der Waals surface area contributed by atoms with Crippen LogP contribution in [-0.4, -0.2) is 17.1 Å². The van der Waals surface area contributed by atoms with E-state index in [0.29, 0.717) is 0 Å². The molecule has 0 saturated carbocycles. The van der Waals surface area contributed by atoms with Gasteiger partial charge in [0.1, 0.15) is 0 Å². The number of rotatable bonds is 2. The van der Waals surface area contributed by atoms with E-state index in [1.807, 2.05) is 0 Å². The van der Waals surface area contributed by atoms with E-state index in [-0.39, 0.29) is 14.3 Å². The summed E-state index contributed by atoms with van der Waals surface area (Å²) in [6.07, 6.45) is 0.0143. The maximum absolute atomic E-state index is 9.94. The summed E-state index contributed by atoms with van der Waals surface area (Å²) in [5.41, 5.74) is 7.24. The molecular weight excluding hydrogens is 141 g/mol. The molecule has 50 valence electrons. The molecule has 9 heavy (non-hydrogen) atoms. The summed E-state index contributed by atoms with van der Waals surface area (Å²) in [6.45, 7) is 0. The van der Waals surface area contributed by atoms with Crippen molar-refractivity contribution in [1.82, 2.24) is 0 Å². The quantitative estimate of drug-likeness (QED) is 0.540. The Kier molecular flexibility index (Phi) is 4.06. The summed E-state index contributed by atoms with van der Waals surface area (Å²) in [5, 5.41) is 8.14. The van der Waals surface area contributed by atoms with Crippen LogP contribution in [0.2, 0.25) is 0 Å². The maximum atomic E-state index is 9.94. The van der Waals surface area contributed by atoms with Crippen LogP contribution in [0.1, 0.15) is 6.42 Å². The van der Waals surface area contributed by atoms with Crippen LogP contribution in [0.3, 0.4) is 0 Å². The van der Waals surface area contributed by atoms with Gasteiger partial charge in [-0.25, -0.2) is 0 Å². The molecule has 0 saturated heterocycles. The van der Waals surface area contributed by atoms with Gasteiger partial charge >= 0.3 is 52.2 Å². The van der Waals surface area contributed by atoms with Crippen LogP contribution in [0.25, 0.3) is 0 Å². The molecule has 4 nitrogen and oxygen atoms in total. The second-order valence-corrected chi connectivity index (χ2v) is 1.90. The average molecular weight is 147 g/mol. The van der Waals surface area contributed by atoms with Crippen molar-refractivity contribution in [3.8, 4) is 5.63 Å². The molecule has 0 aromatic carbocycles. The molecule has 0 aliphatic heterocycles. The normalized spacial score (nSPS) is 11.7. The van der Waals surface area contributed by atoms with Crippen LogP contribution in [0.4, 0.5) is 0 Å². The fraction of sp³-hybridized carbons (Fsp3) is 0.500. The van der Waals surface area contributed by atoms with Gasteiger partial charge in [0.15, 0.2) is 0 Å². The van der Waals surface area contributed by atoms with Crippen LogP contribution in [0, 0.1) is 5.63 Å². The molecule has 0 bridgehead atoms. The third-order valence-electron chi connectivity index (χ3n) is 0.693. The van der Waals surface area contributed by atoms with Gasteiger partial charge < -0.3 is 0 Å². The van der Waals surface area contributed by atoms with Crippen molar-refractivity contribution in [2.75, 3.05) is 0 Å². The molecule has 0 aromatic heterocycles. The number of carboxylic acids is 1. The molecule has 0 aromatic rings. The summed E-state index contributed by atoms with van der Waals surface area (Å²) in [4.78, 5) is 9.94. The number of nitrogens with two attached hydrogens (primary N) is 1. The summed E-state index contributed by atoms with van der Waals surface area (Å²) >= 11 is 0. The van der Waals surface area contributed by atoms with Crippen molar-refractivity contribution in [1.29, 1.82) is 0 Å². The van der Waals surface area contributed by atoms with Crippen LogP contribution in [0.5, 0.6) is 0 Å². The first-order chi connectivity index (χ1) is 4.18. The fourth-order valence-electron chi connectivity index (χ4n) is 0.223. The molecule has 0 radical (unpaired) electrons. The van der Waals surface area contributed by atoms with E-state index >= 15 is 0 Å². The SMILES string of the molecule is N[C@H](CC#P=O)C(=O)O. The molecule has 0 spiro atoms. The van der Waals surface area contributed by atoms with Crippen LogP contribution in [0.15, 0.2) is 0 Å². The number of hydrogen-bond donors (Lipinski definition) is 2. The van der Waals surface area contributed by atoms with Gasteiger partial charge in [0, 0.05) is 0 Å². The van der Waals surface area contributed by atoms with Gasteiger partial charge in [-0.2, -0.15) is 0 Å². The first kappa shape index (κ1) is 8.44. The van der Waals surface area contributed by atoms with E-state index in [2.05, 4.69) is 5.63 Å². The van der Waals surface area contributed by atoms with Gasteiger partial charge in [-0.1, -0.05) is 0 Å². The Morgan fingerprint density at radius 3 is 2.78 bits per heavy atom. The second kappa shape index (κ2) is 4.33. The van der Waals surface area contributed by atoms with Crippen molar-refractivity contribution in [3.05, 3.63) is 0 Å². The topological polar surface area (TPSA) is 80.4 Å². The van der Waals surface area contributed by atoms with Crippen molar-refractivity contribution in [3.63, 3.8) is 0 Å². The summed E-state index contributed by atoms with van der Waals surface area (Å²) in [6, 6.07) is -0.980. The molecule has 0 amide bonds. The van der Waals surface area contributed by atoms with E-state index in [4.69, 9.17) is 10.8 Å². The molecular formula is C4H6NO3P. The van der Waals surface area contributed by atoms with E-state index in [0.717, 1.165) is 0 Å². The molecule has 0 aliphatic rings. The first-order valence-corrected chi connectivity index (χ1v) is 3.03. The van der Waals surface area contributed by atoms with E-state index in [1.54, 1.807) is 0 Å². The number of aliphatic carboxylic acids is 1. The Morgan fingerprint density at radius 2 is 2.44 bits per heavy atom. The Bertz CT molecular complexity index is 195. The predicted octanol–water partition coefficient (Wildman–Crippen LogP) is 0.0393. The number of hydrogen-bond acceptors (Lipinski definition) is 3. The van der Waals surface area contributed by atoms with Crippen molar-refractivity contribution in [2.24, 2.45) is 5.73 Å². The number of carbonyl (C=O) groups is 1. The Balaban J connectivity index is 3.72. The summed E-state index contributed by atoms with van der Waals surface area (Å²) < 4.78 is 9.67. The molecule has 0 heterocycles. The van der Waals surface area contributed by atoms with Crippen LogP contribution in [-0.2, 0) is 9.36 Å². The van der Waals surface area contributed by atoms with Gasteiger partial charge in [0.2, 0.25) is 0 Å². The van der Waals surface area contributed by atoms with Gasteiger partial charge in [-0.3, -0.25) is 0 Å². The van der Waals surface area contributed by atoms with Crippen molar-refractivity contribution < 1.29 is 14.5 Å². The van der Waals surface area contributed by atoms with Gasteiger partial charge in [0.05, 0.1) is 0 Å². The van der Waals surface area contributed by atoms with Gasteiger partial charge in [0.25, 0.3) is 0 Å². The van der Waals surface area contributed by atoms with E-state index in [1.165, 1.54) is 0 Å². The van der Waals surface area contributed by atoms with Crippen molar-refractivity contribution in [2.45, 2.75) is 12.5 Å². The summed E-state index contributed by atoms with van der Waals surface area (Å²) in [5.74, 6) is -1.11. The Morgan fingerprint density at radius 1 is 1.89 bits per heavy atom. The molecule has 0 unspecified atom stereocenters. The monoisotopic (exact) mass is 147 g/mol. The molecule has 3 N–H and O–H groups in total. The Hall–Kier alpha value is -0.560. The zero-order valence-corrected chi connectivity index (χ0v) is 5.47. The minimum atomic E-state index is -1.11. The van der Waals surface area contributed by atoms with Crippen LogP contribution < -0.4 is 5.73 Å². The van der Waals surface area contributed by atoms with Gasteiger partial charge in [-0.15, -0.1) is 0 Å². The molecule has 0 fully saturated rings. The average Bonchev–Trinajstić information content (AvgIpc) is 1.82. The molecule has 0 rings (SSSR count). The molecule has 5 heteroatoms. The van der Waals surface area contributed by atoms with E-state index < -0.39 is 12.0 Å². The third kappa shape index (κ3) is 3.98. The van der Waals surface area contributed by atoms with Gasteiger partial charge in [-0.05, 0) is 0 Å². The fourth-order valence-corrected chi connectivity index (χ4v) is 0.494. The summed E-state index contributed by atoms with van der Waals surface area (Å²) in [7, 11) is -0.298. The Labute approximate surface area is 53.2 Å². The minimum absolute atomic E-state index is 0.0143. The second-order valence-electron chi connectivity index (χ2n) is 1.40. The van der Waals surface area contributed by atoms with E-state index in [9.17, 15) is 9.36 Å². The number of carboxylic acid groups (broad SMARTS) is 1.